The summed E-state index contributed by atoms with van der Waals surface area (Å²) in [6.07, 6.45) is 1.41. The number of nitrogens with zero attached hydrogens (tertiary/aromatic N) is 1. The minimum Gasteiger partial charge on any atom is -0.484 e. The molecule has 1 aliphatic heterocycles. The number of Topliss-reactive ketones (excluding diaryl/α,β-unsaturated/α-hetero) is 1. The summed E-state index contributed by atoms with van der Waals surface area (Å²) in [4.78, 5) is 25.5. The Morgan fingerprint density at radius 1 is 1.32 bits per heavy atom. The Bertz CT molecular complexity index is 541. The molecule has 0 radical (unpaired) electrons. The third-order valence-electron chi connectivity index (χ3n) is 4.26. The highest BCUT2D eigenvalue weighted by atomic mass is 16.5. The molecule has 5 nitrogen and oxygen atoms in total. The van der Waals surface area contributed by atoms with Gasteiger partial charge in [0.15, 0.2) is 12.4 Å². The summed E-state index contributed by atoms with van der Waals surface area (Å²) in [5.41, 5.74) is 6.44. The molecule has 1 amide bonds. The fourth-order valence-corrected chi connectivity index (χ4v) is 2.58. The van der Waals surface area contributed by atoms with Gasteiger partial charge in [0.05, 0.1) is 0 Å². The number of amides is 1. The Labute approximate surface area is 131 Å². The van der Waals surface area contributed by atoms with Crippen LogP contribution in [0.5, 0.6) is 5.75 Å². The summed E-state index contributed by atoms with van der Waals surface area (Å²) < 4.78 is 5.52. The van der Waals surface area contributed by atoms with Crippen molar-refractivity contribution >= 4 is 11.7 Å². The molecule has 2 rings (SSSR count). The maximum absolute atomic E-state index is 12.1. The zero-order valence-electron chi connectivity index (χ0n) is 13.3. The molecule has 1 unspecified atom stereocenters. The maximum atomic E-state index is 12.1. The Kier molecular flexibility index (Phi) is 5.19. The number of benzene rings is 1. The molecule has 1 saturated heterocycles. The third kappa shape index (κ3) is 3.85. The number of carbonyl (C=O) groups excluding carboxylic acids is 2. The van der Waals surface area contributed by atoms with Gasteiger partial charge in [0.2, 0.25) is 0 Å². The van der Waals surface area contributed by atoms with Crippen LogP contribution in [0.25, 0.3) is 0 Å². The van der Waals surface area contributed by atoms with Crippen LogP contribution in [0.2, 0.25) is 0 Å². The molecule has 0 bridgehead atoms. The average molecular weight is 304 g/mol. The fraction of sp³-hybridized carbons (Fsp3) is 0.529. The molecule has 0 saturated carbocycles. The van der Waals surface area contributed by atoms with E-state index in [1.807, 2.05) is 11.8 Å². The number of hydrogen-bond acceptors (Lipinski definition) is 4. The van der Waals surface area contributed by atoms with Gasteiger partial charge in [-0.2, -0.15) is 0 Å². The number of ketones is 1. The second kappa shape index (κ2) is 6.92. The third-order valence-corrected chi connectivity index (χ3v) is 4.26. The molecular weight excluding hydrogens is 280 g/mol. The van der Waals surface area contributed by atoms with Crippen molar-refractivity contribution in [3.8, 4) is 5.75 Å². The van der Waals surface area contributed by atoms with E-state index in [1.165, 1.54) is 0 Å². The van der Waals surface area contributed by atoms with Crippen LogP contribution in [0.4, 0.5) is 0 Å². The minimum absolute atomic E-state index is 0.0156. The Morgan fingerprint density at radius 2 is 2.00 bits per heavy atom. The second-order valence-corrected chi connectivity index (χ2v) is 6.17. The molecule has 1 fully saturated rings. The minimum atomic E-state index is -0.0223. The van der Waals surface area contributed by atoms with E-state index in [9.17, 15) is 9.59 Å². The first-order chi connectivity index (χ1) is 10.5. The standard InChI is InChI=1S/C17H24N2O3/c1-3-15(20)13-4-6-14(7-5-13)22-10-16(21)19-9-8-17(2,11-18)12-19/h4-7H,3,8-12,18H2,1-2H3. The lowest BCUT2D eigenvalue weighted by atomic mass is 9.90. The highest BCUT2D eigenvalue weighted by Crippen LogP contribution is 2.28. The van der Waals surface area contributed by atoms with Crippen molar-refractivity contribution in [3.05, 3.63) is 29.8 Å². The first-order valence-corrected chi connectivity index (χ1v) is 7.71. The molecule has 1 heterocycles. The van der Waals surface area contributed by atoms with Crippen molar-refractivity contribution < 1.29 is 14.3 Å². The molecule has 1 aromatic carbocycles. The van der Waals surface area contributed by atoms with E-state index in [2.05, 4.69) is 6.92 Å². The van der Waals surface area contributed by atoms with Crippen LogP contribution in [-0.2, 0) is 4.79 Å². The highest BCUT2D eigenvalue weighted by molar-refractivity contribution is 5.95. The topological polar surface area (TPSA) is 72.6 Å². The van der Waals surface area contributed by atoms with Crippen molar-refractivity contribution in [2.45, 2.75) is 26.7 Å². The summed E-state index contributed by atoms with van der Waals surface area (Å²) in [5.74, 6) is 0.674. The molecule has 2 N–H and O–H groups in total. The van der Waals surface area contributed by atoms with E-state index in [4.69, 9.17) is 10.5 Å². The second-order valence-electron chi connectivity index (χ2n) is 6.17. The van der Waals surface area contributed by atoms with Gasteiger partial charge >= 0.3 is 0 Å². The van der Waals surface area contributed by atoms with Gasteiger partial charge in [0.25, 0.3) is 5.91 Å². The molecule has 1 aromatic rings. The van der Waals surface area contributed by atoms with Crippen molar-refractivity contribution in [1.29, 1.82) is 0 Å². The quantitative estimate of drug-likeness (QED) is 0.814. The van der Waals surface area contributed by atoms with Crippen LogP contribution in [-0.4, -0.2) is 42.8 Å². The van der Waals surface area contributed by atoms with Gasteiger partial charge < -0.3 is 15.4 Å². The lowest BCUT2D eigenvalue weighted by Crippen LogP contribution is -2.36. The molecule has 120 valence electrons. The summed E-state index contributed by atoms with van der Waals surface area (Å²) in [7, 11) is 0. The van der Waals surface area contributed by atoms with Crippen LogP contribution < -0.4 is 10.5 Å². The van der Waals surface area contributed by atoms with E-state index < -0.39 is 0 Å². The van der Waals surface area contributed by atoms with Crippen molar-refractivity contribution in [2.24, 2.45) is 11.1 Å². The molecule has 1 aliphatic rings. The van der Waals surface area contributed by atoms with Crippen molar-refractivity contribution in [3.63, 3.8) is 0 Å². The van der Waals surface area contributed by atoms with Gasteiger partial charge in [0.1, 0.15) is 5.75 Å². The molecular formula is C17H24N2O3. The summed E-state index contributed by atoms with van der Waals surface area (Å²) in [6.45, 7) is 5.96. The van der Waals surface area contributed by atoms with E-state index >= 15 is 0 Å². The van der Waals surface area contributed by atoms with Gasteiger partial charge in [-0.15, -0.1) is 0 Å². The highest BCUT2D eigenvalue weighted by Gasteiger charge is 2.34. The zero-order chi connectivity index (χ0) is 16.2. The van der Waals surface area contributed by atoms with Gasteiger partial charge in [0, 0.05) is 25.1 Å². The maximum Gasteiger partial charge on any atom is 0.260 e. The van der Waals surface area contributed by atoms with E-state index in [0.717, 1.165) is 13.0 Å². The Morgan fingerprint density at radius 3 is 2.55 bits per heavy atom. The zero-order valence-corrected chi connectivity index (χ0v) is 13.3. The Balaban J connectivity index is 1.85. The van der Waals surface area contributed by atoms with Gasteiger partial charge in [-0.25, -0.2) is 0 Å². The number of ether oxygens (including phenoxy) is 1. The fourth-order valence-electron chi connectivity index (χ4n) is 2.58. The normalized spacial score (nSPS) is 21.0. The van der Waals surface area contributed by atoms with Crippen LogP contribution >= 0.6 is 0 Å². The number of likely N-dealkylation sites (tertiary alicyclic amines) is 1. The molecule has 1 atom stereocenters. The van der Waals surface area contributed by atoms with Crippen LogP contribution in [0.3, 0.4) is 0 Å². The smallest absolute Gasteiger partial charge is 0.260 e. The summed E-state index contributed by atoms with van der Waals surface area (Å²) >= 11 is 0. The van der Waals surface area contributed by atoms with Crippen molar-refractivity contribution in [2.75, 3.05) is 26.2 Å². The monoisotopic (exact) mass is 304 g/mol. The average Bonchev–Trinajstić information content (AvgIpc) is 2.95. The van der Waals surface area contributed by atoms with Crippen LogP contribution in [0, 0.1) is 5.41 Å². The SMILES string of the molecule is CCC(=O)c1ccc(OCC(=O)N2CCC(C)(CN)C2)cc1. The van der Waals surface area contributed by atoms with Crippen molar-refractivity contribution in [1.82, 2.24) is 4.90 Å². The lowest BCUT2D eigenvalue weighted by molar-refractivity contribution is -0.132. The largest absolute Gasteiger partial charge is 0.484 e. The van der Waals surface area contributed by atoms with Gasteiger partial charge in [-0.3, -0.25) is 9.59 Å². The molecule has 5 heteroatoms. The van der Waals surface area contributed by atoms with E-state index in [0.29, 0.717) is 30.8 Å². The summed E-state index contributed by atoms with van der Waals surface area (Å²) in [6, 6.07) is 6.91. The molecule has 0 spiro atoms. The molecule has 22 heavy (non-hydrogen) atoms. The Hall–Kier alpha value is -1.88. The lowest BCUT2D eigenvalue weighted by Gasteiger charge is -2.22. The number of hydrogen-bond donors (Lipinski definition) is 1. The first-order valence-electron chi connectivity index (χ1n) is 7.71. The van der Waals surface area contributed by atoms with E-state index in [1.54, 1.807) is 24.3 Å². The van der Waals surface area contributed by atoms with E-state index in [-0.39, 0.29) is 23.7 Å². The number of rotatable bonds is 6. The molecule has 0 aromatic heterocycles. The number of carbonyl (C=O) groups is 2. The molecule has 0 aliphatic carbocycles. The first kappa shape index (κ1) is 16.5. The number of nitrogens with two attached hydrogens (primary N) is 1. The van der Waals surface area contributed by atoms with Crippen LogP contribution in [0.15, 0.2) is 24.3 Å². The predicted molar refractivity (Wildman–Crippen MR) is 84.9 cm³/mol. The van der Waals surface area contributed by atoms with Crippen LogP contribution in [0.1, 0.15) is 37.0 Å². The van der Waals surface area contributed by atoms with Gasteiger partial charge in [-0.05, 0) is 42.6 Å². The van der Waals surface area contributed by atoms with Gasteiger partial charge in [-0.1, -0.05) is 13.8 Å². The predicted octanol–water partition coefficient (Wildman–Crippen LogP) is 1.86. The summed E-state index contributed by atoms with van der Waals surface area (Å²) in [5, 5.41) is 0.